The molecule has 1 unspecified atom stereocenters. The third kappa shape index (κ3) is 7.37. The number of amides is 1. The molecule has 1 saturated heterocycles. The molecule has 0 radical (unpaired) electrons. The van der Waals surface area contributed by atoms with E-state index in [0.29, 0.717) is 37.9 Å². The van der Waals surface area contributed by atoms with E-state index in [0.717, 1.165) is 4.31 Å². The van der Waals surface area contributed by atoms with E-state index in [1.54, 1.807) is 4.90 Å². The zero-order valence-corrected chi connectivity index (χ0v) is 21.1. The summed E-state index contributed by atoms with van der Waals surface area (Å²) in [7, 11) is -3.96. The second-order valence-corrected chi connectivity index (χ2v) is 11.3. The molecule has 1 heterocycles. The van der Waals surface area contributed by atoms with Crippen LogP contribution in [0.15, 0.2) is 29.2 Å². The molecule has 0 bridgehead atoms. The number of Topliss-reactive ketones (excluding diaryl/α,β-unsaturated/α-hetero) is 1. The van der Waals surface area contributed by atoms with Gasteiger partial charge < -0.3 is 9.64 Å². The number of esters is 1. The first-order chi connectivity index (χ1) is 15.4. The summed E-state index contributed by atoms with van der Waals surface area (Å²) in [4.78, 5) is 38.7. The molecule has 1 aromatic carbocycles. The van der Waals surface area contributed by atoms with Gasteiger partial charge in [0, 0.05) is 25.2 Å². The third-order valence-electron chi connectivity index (χ3n) is 5.45. The zero-order chi connectivity index (χ0) is 24.8. The molecule has 9 heteroatoms. The smallest absolute Gasteiger partial charge is 0.324 e. The van der Waals surface area contributed by atoms with E-state index in [4.69, 9.17) is 4.74 Å². The number of benzene rings is 1. The van der Waals surface area contributed by atoms with Crippen molar-refractivity contribution in [2.24, 2.45) is 11.8 Å². The lowest BCUT2D eigenvalue weighted by Gasteiger charge is -2.33. The summed E-state index contributed by atoms with van der Waals surface area (Å²) in [6, 6.07) is 4.70. The summed E-state index contributed by atoms with van der Waals surface area (Å²) in [5, 5.41) is 0. The highest BCUT2D eigenvalue weighted by Gasteiger charge is 2.39. The van der Waals surface area contributed by atoms with Crippen molar-refractivity contribution in [2.45, 2.75) is 64.8 Å². The van der Waals surface area contributed by atoms with Crippen LogP contribution in [0.1, 0.15) is 64.2 Å². The van der Waals surface area contributed by atoms with Gasteiger partial charge in [-0.3, -0.25) is 14.4 Å². The number of sulfonamides is 1. The Labute approximate surface area is 197 Å². The Balaban J connectivity index is 2.12. The van der Waals surface area contributed by atoms with Crippen molar-refractivity contribution >= 4 is 27.7 Å². The minimum atomic E-state index is -3.96. The highest BCUT2D eigenvalue weighted by Crippen LogP contribution is 2.26. The van der Waals surface area contributed by atoms with E-state index >= 15 is 0 Å². The molecule has 0 aromatic heterocycles. The van der Waals surface area contributed by atoms with Gasteiger partial charge in [0.05, 0.1) is 4.90 Å². The molecule has 1 aliphatic rings. The zero-order valence-electron chi connectivity index (χ0n) is 20.2. The maximum atomic E-state index is 13.2. The maximum Gasteiger partial charge on any atom is 0.324 e. The number of hydrogen-bond acceptors (Lipinski definition) is 6. The van der Waals surface area contributed by atoms with Crippen LogP contribution in [0.2, 0.25) is 0 Å². The molecule has 1 atom stereocenters. The first-order valence-electron chi connectivity index (χ1n) is 11.5. The number of nitrogens with zero attached hydrogens (tertiary/aromatic N) is 2. The normalized spacial score (nSPS) is 17.2. The van der Waals surface area contributed by atoms with Crippen molar-refractivity contribution in [3.63, 3.8) is 0 Å². The summed E-state index contributed by atoms with van der Waals surface area (Å²) < 4.78 is 32.9. The van der Waals surface area contributed by atoms with Crippen LogP contribution in [-0.4, -0.2) is 67.6 Å². The number of hydrogen-bond donors (Lipinski definition) is 0. The van der Waals surface area contributed by atoms with Crippen molar-refractivity contribution in [2.75, 3.05) is 26.2 Å². The van der Waals surface area contributed by atoms with Gasteiger partial charge in [0.2, 0.25) is 10.0 Å². The minimum Gasteiger partial charge on any atom is -0.454 e. The van der Waals surface area contributed by atoms with Gasteiger partial charge >= 0.3 is 5.97 Å². The standard InChI is InChI=1S/C24H36N2O6S/c1-17(2)14-25(15-18(3)4)23(28)16-32-24(29)22-8-6-7-13-26(22)33(30,31)21-11-9-20(10-12-21)19(5)27/h9-12,17-18,22H,6-8,13-16H2,1-5H3. The van der Waals surface area contributed by atoms with Crippen LogP contribution >= 0.6 is 0 Å². The summed E-state index contributed by atoms with van der Waals surface area (Å²) in [6.07, 6.45) is 1.65. The Morgan fingerprint density at radius 1 is 1.03 bits per heavy atom. The minimum absolute atomic E-state index is 0.0170. The second kappa shape index (κ2) is 11.7. The van der Waals surface area contributed by atoms with Crippen molar-refractivity contribution in [1.82, 2.24) is 9.21 Å². The first kappa shape index (κ1) is 27.0. The number of ether oxygens (including phenoxy) is 1. The van der Waals surface area contributed by atoms with Crippen molar-refractivity contribution in [3.8, 4) is 0 Å². The van der Waals surface area contributed by atoms with Crippen LogP contribution in [-0.2, 0) is 24.3 Å². The molecular formula is C24H36N2O6S. The van der Waals surface area contributed by atoms with E-state index in [2.05, 4.69) is 0 Å². The molecule has 1 aromatic rings. The average Bonchev–Trinajstić information content (AvgIpc) is 2.76. The lowest BCUT2D eigenvalue weighted by molar-refractivity contribution is -0.156. The number of piperidine rings is 1. The van der Waals surface area contributed by atoms with Gasteiger partial charge in [-0.05, 0) is 50.2 Å². The van der Waals surface area contributed by atoms with Crippen molar-refractivity contribution in [1.29, 1.82) is 0 Å². The Hall–Kier alpha value is -2.26. The molecule has 33 heavy (non-hydrogen) atoms. The second-order valence-electron chi connectivity index (χ2n) is 9.40. The van der Waals surface area contributed by atoms with E-state index in [9.17, 15) is 22.8 Å². The average molecular weight is 481 g/mol. The lowest BCUT2D eigenvalue weighted by atomic mass is 10.1. The summed E-state index contributed by atoms with van der Waals surface area (Å²) in [6.45, 7) is 10.4. The molecule has 1 amide bonds. The Morgan fingerprint density at radius 3 is 2.12 bits per heavy atom. The predicted octanol–water partition coefficient (Wildman–Crippen LogP) is 3.12. The lowest BCUT2D eigenvalue weighted by Crippen LogP contribution is -2.49. The number of carbonyl (C=O) groups excluding carboxylic acids is 3. The Morgan fingerprint density at radius 2 is 1.61 bits per heavy atom. The van der Waals surface area contributed by atoms with Crippen LogP contribution < -0.4 is 0 Å². The molecule has 1 fully saturated rings. The number of rotatable bonds is 10. The molecule has 0 aliphatic carbocycles. The predicted molar refractivity (Wildman–Crippen MR) is 125 cm³/mol. The van der Waals surface area contributed by atoms with Crippen LogP contribution in [0.5, 0.6) is 0 Å². The van der Waals surface area contributed by atoms with Gasteiger partial charge in [0.1, 0.15) is 6.04 Å². The Bertz CT molecular complexity index is 930. The largest absolute Gasteiger partial charge is 0.454 e. The molecule has 8 nitrogen and oxygen atoms in total. The third-order valence-corrected chi connectivity index (χ3v) is 7.38. The summed E-state index contributed by atoms with van der Waals surface area (Å²) in [5.41, 5.74) is 0.411. The first-order valence-corrected chi connectivity index (χ1v) is 12.9. The van der Waals surface area contributed by atoms with Crippen LogP contribution in [0.25, 0.3) is 0 Å². The maximum absolute atomic E-state index is 13.2. The van der Waals surface area contributed by atoms with Gasteiger partial charge in [-0.2, -0.15) is 4.31 Å². The number of ketones is 1. The topological polar surface area (TPSA) is 101 Å². The summed E-state index contributed by atoms with van der Waals surface area (Å²) in [5.74, 6) is -0.600. The fourth-order valence-electron chi connectivity index (χ4n) is 3.91. The van der Waals surface area contributed by atoms with Crippen LogP contribution in [0.4, 0.5) is 0 Å². The SMILES string of the molecule is CC(=O)c1ccc(S(=O)(=O)N2CCCCC2C(=O)OCC(=O)N(CC(C)C)CC(C)C)cc1. The molecule has 0 saturated carbocycles. The van der Waals surface area contributed by atoms with Gasteiger partial charge in [-0.25, -0.2) is 8.42 Å². The quantitative estimate of drug-likeness (QED) is 0.377. The van der Waals surface area contributed by atoms with Gasteiger partial charge in [0.15, 0.2) is 12.4 Å². The van der Waals surface area contributed by atoms with Crippen LogP contribution in [0.3, 0.4) is 0 Å². The molecule has 184 valence electrons. The van der Waals surface area contributed by atoms with Gasteiger partial charge in [-0.1, -0.05) is 39.8 Å². The number of carbonyl (C=O) groups is 3. The van der Waals surface area contributed by atoms with E-state index in [1.807, 2.05) is 27.7 Å². The molecule has 2 rings (SSSR count). The fraction of sp³-hybridized carbons (Fsp3) is 0.625. The van der Waals surface area contributed by atoms with Crippen molar-refractivity contribution < 1.29 is 27.5 Å². The van der Waals surface area contributed by atoms with Gasteiger partial charge in [-0.15, -0.1) is 0 Å². The van der Waals surface area contributed by atoms with Crippen molar-refractivity contribution in [3.05, 3.63) is 29.8 Å². The van der Waals surface area contributed by atoms with E-state index < -0.39 is 28.6 Å². The summed E-state index contributed by atoms with van der Waals surface area (Å²) >= 11 is 0. The molecule has 0 N–H and O–H groups in total. The van der Waals surface area contributed by atoms with E-state index in [-0.39, 0.29) is 35.0 Å². The van der Waals surface area contributed by atoms with Gasteiger partial charge in [0.25, 0.3) is 5.91 Å². The highest BCUT2D eigenvalue weighted by molar-refractivity contribution is 7.89. The van der Waals surface area contributed by atoms with Crippen LogP contribution in [0, 0.1) is 11.8 Å². The molecule has 0 spiro atoms. The molecule has 1 aliphatic heterocycles. The Kier molecular flexibility index (Phi) is 9.60. The monoisotopic (exact) mass is 480 g/mol. The fourth-order valence-corrected chi connectivity index (χ4v) is 5.55. The molecular weight excluding hydrogens is 444 g/mol. The highest BCUT2D eigenvalue weighted by atomic mass is 32.2. The van der Waals surface area contributed by atoms with E-state index in [1.165, 1.54) is 31.2 Å².